The van der Waals surface area contributed by atoms with Gasteiger partial charge < -0.3 is 0 Å². The predicted octanol–water partition coefficient (Wildman–Crippen LogP) is 11.1. The van der Waals surface area contributed by atoms with Gasteiger partial charge in [0.1, 0.15) is 0 Å². The Morgan fingerprint density at radius 1 is 0.465 bits per heavy atom. The molecule has 43 heavy (non-hydrogen) atoms. The second-order valence-electron chi connectivity index (χ2n) is 14.7. The number of rotatable bonds is 6. The van der Waals surface area contributed by atoms with Crippen molar-refractivity contribution in [3.63, 3.8) is 0 Å². The summed E-state index contributed by atoms with van der Waals surface area (Å²) in [5.74, 6) is -0.0114. The molecule has 0 saturated carbocycles. The summed E-state index contributed by atoms with van der Waals surface area (Å²) >= 11 is 0. The fourth-order valence-electron chi connectivity index (χ4n) is 5.84. The van der Waals surface area contributed by atoms with Crippen molar-refractivity contribution in [3.8, 4) is 0 Å². The molecular weight excluding hydrogens is 653 g/mol. The molecule has 236 valence electrons. The van der Waals surface area contributed by atoms with Crippen molar-refractivity contribution in [2.75, 3.05) is 0 Å². The number of carbonyl (C=O) groups excluding carboxylic acids is 1. The molecule has 0 aliphatic rings. The fraction of sp³-hybridized carbons (Fsp3) is 0.410. The number of hydrogen-bond acceptors (Lipinski definition) is 1. The summed E-state index contributed by atoms with van der Waals surface area (Å²) in [4.78, 5) is 11.6. The van der Waals surface area contributed by atoms with E-state index in [9.17, 15) is 4.79 Å². The van der Waals surface area contributed by atoms with E-state index in [0.717, 1.165) is 11.1 Å². The van der Waals surface area contributed by atoms with Gasteiger partial charge >= 0.3 is 0 Å². The zero-order chi connectivity index (χ0) is 31.8. The Labute approximate surface area is 280 Å². The van der Waals surface area contributed by atoms with Gasteiger partial charge in [-0.2, -0.15) is 0 Å². The Kier molecular flexibility index (Phi) is 15.2. The van der Waals surface area contributed by atoms with Crippen LogP contribution in [0.25, 0.3) is 12.2 Å². The van der Waals surface area contributed by atoms with Gasteiger partial charge in [-0.05, 0) is 54.5 Å². The number of carbonyl (C=O) groups is 1. The van der Waals surface area contributed by atoms with E-state index in [0.29, 0.717) is 20.6 Å². The molecule has 4 heteroatoms. The third kappa shape index (κ3) is 13.1. The van der Waals surface area contributed by atoms with Crippen LogP contribution < -0.4 is 10.6 Å². The Hall–Kier alpha value is -1.67. The minimum Gasteiger partial charge on any atom is -0.290 e. The predicted molar refractivity (Wildman–Crippen MR) is 195 cm³/mol. The van der Waals surface area contributed by atoms with Crippen LogP contribution in [0.1, 0.15) is 94.2 Å². The summed E-state index contributed by atoms with van der Waals surface area (Å²) in [5.41, 5.74) is 2.05. The maximum Gasteiger partial charge on any atom is 0.178 e. The molecule has 0 aliphatic heterocycles. The zero-order valence-corrected chi connectivity index (χ0v) is 31.9. The van der Waals surface area contributed by atoms with Crippen molar-refractivity contribution >= 4 is 44.4 Å². The summed E-state index contributed by atoms with van der Waals surface area (Å²) < 4.78 is 0. The molecule has 3 aromatic carbocycles. The second kappa shape index (κ2) is 16.6. The molecule has 0 saturated heterocycles. The van der Waals surface area contributed by atoms with Crippen molar-refractivity contribution in [2.45, 2.75) is 104 Å². The Morgan fingerprint density at radius 3 is 0.977 bits per heavy atom. The molecule has 3 aromatic rings. The first-order valence-electron chi connectivity index (χ1n) is 15.0. The SMILES string of the molecule is CC(C)(C)P(c1ccccc1P(C(C)(C)C)C(C)(C)C)C(C)(C)C.O=C(/C=C/c1ccccc1)/C=C/c1ccccc1.[Pd]. The van der Waals surface area contributed by atoms with Crippen LogP contribution in [0, 0.1) is 0 Å². The normalized spacial score (nSPS) is 12.8. The van der Waals surface area contributed by atoms with Crippen molar-refractivity contribution in [2.24, 2.45) is 0 Å². The molecule has 0 aliphatic carbocycles. The maximum absolute atomic E-state index is 11.6. The Balaban J connectivity index is 0.000000435. The van der Waals surface area contributed by atoms with Crippen LogP contribution in [0.5, 0.6) is 0 Å². The van der Waals surface area contributed by atoms with Crippen molar-refractivity contribution in [1.29, 1.82) is 0 Å². The molecule has 0 N–H and O–H groups in total. The smallest absolute Gasteiger partial charge is 0.178 e. The number of allylic oxidation sites excluding steroid dienone is 2. The van der Waals surface area contributed by atoms with Crippen LogP contribution in [0.3, 0.4) is 0 Å². The van der Waals surface area contributed by atoms with Gasteiger partial charge in [-0.3, -0.25) is 4.79 Å². The van der Waals surface area contributed by atoms with Gasteiger partial charge in [-0.15, -0.1) is 0 Å². The third-order valence-corrected chi connectivity index (χ3v) is 13.8. The molecule has 0 heterocycles. The molecule has 0 bridgehead atoms. The molecule has 0 spiro atoms. The average molecular weight is 707 g/mol. The Morgan fingerprint density at radius 2 is 0.721 bits per heavy atom. The number of benzene rings is 3. The van der Waals surface area contributed by atoms with E-state index in [1.807, 2.05) is 72.8 Å². The van der Waals surface area contributed by atoms with Gasteiger partial charge in [-0.1, -0.05) is 196 Å². The van der Waals surface area contributed by atoms with Crippen LogP contribution in [0.2, 0.25) is 0 Å². The van der Waals surface area contributed by atoms with E-state index < -0.39 is 0 Å². The van der Waals surface area contributed by atoms with Gasteiger partial charge in [0.05, 0.1) is 0 Å². The monoisotopic (exact) mass is 706 g/mol. The number of ketones is 1. The first-order valence-corrected chi connectivity index (χ1v) is 17.7. The maximum atomic E-state index is 11.6. The van der Waals surface area contributed by atoms with Crippen LogP contribution in [-0.2, 0) is 25.2 Å². The summed E-state index contributed by atoms with van der Waals surface area (Å²) in [5, 5.41) is 4.51. The van der Waals surface area contributed by atoms with Crippen molar-refractivity contribution in [3.05, 3.63) is 108 Å². The average Bonchev–Trinajstić information content (AvgIpc) is 2.86. The van der Waals surface area contributed by atoms with E-state index >= 15 is 0 Å². The molecule has 0 radical (unpaired) electrons. The second-order valence-corrected chi connectivity index (χ2v) is 22.4. The Bertz CT molecular complexity index is 1190. The van der Waals surface area contributed by atoms with Crippen molar-refractivity contribution in [1.82, 2.24) is 0 Å². The van der Waals surface area contributed by atoms with E-state index in [-0.39, 0.29) is 42.0 Å². The van der Waals surface area contributed by atoms with Crippen LogP contribution in [-0.4, -0.2) is 26.4 Å². The molecule has 1 nitrogen and oxygen atoms in total. The zero-order valence-electron chi connectivity index (χ0n) is 28.5. The first-order chi connectivity index (χ1) is 19.3. The molecule has 0 unspecified atom stereocenters. The van der Waals surface area contributed by atoms with Gasteiger partial charge in [0.2, 0.25) is 0 Å². The first kappa shape index (κ1) is 39.4. The minimum atomic E-state index is -0.269. The third-order valence-electron chi connectivity index (χ3n) is 6.53. The summed E-state index contributed by atoms with van der Waals surface area (Å²) in [6.45, 7) is 29.1. The molecule has 0 amide bonds. The van der Waals surface area contributed by atoms with E-state index in [1.54, 1.807) is 22.8 Å². The van der Waals surface area contributed by atoms with Crippen LogP contribution in [0.4, 0.5) is 0 Å². The summed E-state index contributed by atoms with van der Waals surface area (Å²) in [6.07, 6.45) is 6.79. The number of hydrogen-bond donors (Lipinski definition) is 0. The van der Waals surface area contributed by atoms with Gasteiger partial charge in [0.15, 0.2) is 5.78 Å². The van der Waals surface area contributed by atoms with E-state index in [2.05, 4.69) is 107 Å². The van der Waals surface area contributed by atoms with Crippen LogP contribution >= 0.6 is 15.8 Å². The largest absolute Gasteiger partial charge is 0.290 e. The summed E-state index contributed by atoms with van der Waals surface area (Å²) in [7, 11) is -0.538. The van der Waals surface area contributed by atoms with Gasteiger partial charge in [0.25, 0.3) is 0 Å². The van der Waals surface area contributed by atoms with Gasteiger partial charge in [0, 0.05) is 20.4 Å². The van der Waals surface area contributed by atoms with E-state index in [4.69, 9.17) is 0 Å². The molecular formula is C39H54OP2Pd. The summed E-state index contributed by atoms with van der Waals surface area (Å²) in [6, 6.07) is 28.9. The topological polar surface area (TPSA) is 17.1 Å². The molecule has 0 fully saturated rings. The molecule has 3 rings (SSSR count). The standard InChI is InChI=1S/C22H40P2.C17H14O.Pd/c1-19(2,3)23(20(4,5)6)17-15-13-14-16-18(17)24(21(7,8)9)22(10,11)12;18-17(13-11-15-7-3-1-4-8-15)14-12-16-9-5-2-6-10-16;/h13-16H,1-12H3;1-14H;/b;13-11+,14-12+;. The minimum absolute atomic E-state index is 0. The fourth-order valence-corrected chi connectivity index (χ4v) is 14.4. The van der Waals surface area contributed by atoms with E-state index in [1.165, 1.54) is 0 Å². The molecule has 0 atom stereocenters. The quantitative estimate of drug-likeness (QED) is 0.142. The van der Waals surface area contributed by atoms with Crippen molar-refractivity contribution < 1.29 is 25.2 Å². The van der Waals surface area contributed by atoms with Crippen LogP contribution in [0.15, 0.2) is 97.1 Å². The van der Waals surface area contributed by atoms with Gasteiger partial charge in [-0.25, -0.2) is 0 Å². The molecule has 0 aromatic heterocycles.